The third-order valence-electron chi connectivity index (χ3n) is 3.41. The van der Waals surface area contributed by atoms with Crippen LogP contribution in [-0.2, 0) is 4.79 Å². The maximum atomic E-state index is 12.3. The second-order valence-electron chi connectivity index (χ2n) is 5.46. The van der Waals surface area contributed by atoms with Gasteiger partial charge in [-0.25, -0.2) is 4.98 Å². The standard InChI is InChI=1S/C17H15N5O2S2/c1-9-14(26-11(3)19-9)16-21-22-17(24-16)25-10(2)15(23)20-13-6-4-5-12(7-13)8-18/h4-7,10H,1-3H3,(H,20,23). The van der Waals surface area contributed by atoms with Crippen LogP contribution < -0.4 is 5.32 Å². The summed E-state index contributed by atoms with van der Waals surface area (Å²) in [5.41, 5.74) is 1.90. The lowest BCUT2D eigenvalue weighted by Gasteiger charge is -2.09. The summed E-state index contributed by atoms with van der Waals surface area (Å²) < 4.78 is 5.66. The van der Waals surface area contributed by atoms with Gasteiger partial charge >= 0.3 is 0 Å². The number of aryl methyl sites for hydroxylation is 2. The summed E-state index contributed by atoms with van der Waals surface area (Å²) in [4.78, 5) is 17.5. The topological polar surface area (TPSA) is 105 Å². The summed E-state index contributed by atoms with van der Waals surface area (Å²) in [6.45, 7) is 5.56. The van der Waals surface area contributed by atoms with E-state index >= 15 is 0 Å². The Balaban J connectivity index is 1.66. The number of carbonyl (C=O) groups excluding carboxylic acids is 1. The minimum absolute atomic E-state index is 0.213. The fraction of sp³-hybridized carbons (Fsp3) is 0.235. The second kappa shape index (κ2) is 7.68. The minimum atomic E-state index is -0.446. The summed E-state index contributed by atoms with van der Waals surface area (Å²) in [5, 5.41) is 20.5. The Bertz CT molecular complexity index is 989. The van der Waals surface area contributed by atoms with E-state index in [0.717, 1.165) is 15.6 Å². The second-order valence-corrected chi connectivity index (χ2v) is 7.96. The van der Waals surface area contributed by atoms with E-state index in [1.165, 1.54) is 23.1 Å². The average Bonchev–Trinajstić information content (AvgIpc) is 3.20. The lowest BCUT2D eigenvalue weighted by molar-refractivity contribution is -0.115. The lowest BCUT2D eigenvalue weighted by Crippen LogP contribution is -2.22. The molecule has 0 bridgehead atoms. The van der Waals surface area contributed by atoms with Gasteiger partial charge in [0.2, 0.25) is 5.91 Å². The molecule has 1 N–H and O–H groups in total. The van der Waals surface area contributed by atoms with Crippen LogP contribution in [0.5, 0.6) is 0 Å². The van der Waals surface area contributed by atoms with Gasteiger partial charge in [-0.15, -0.1) is 21.5 Å². The Morgan fingerprint density at radius 2 is 2.19 bits per heavy atom. The molecule has 1 atom stereocenters. The molecule has 0 saturated heterocycles. The van der Waals surface area contributed by atoms with Crippen molar-refractivity contribution in [1.29, 1.82) is 5.26 Å². The Labute approximate surface area is 158 Å². The number of aromatic nitrogens is 3. The van der Waals surface area contributed by atoms with Crippen molar-refractivity contribution in [3.63, 3.8) is 0 Å². The maximum Gasteiger partial charge on any atom is 0.277 e. The fourth-order valence-electron chi connectivity index (χ4n) is 2.19. The highest BCUT2D eigenvalue weighted by atomic mass is 32.2. The largest absolute Gasteiger partial charge is 0.410 e. The molecule has 2 heterocycles. The zero-order valence-corrected chi connectivity index (χ0v) is 15.9. The van der Waals surface area contributed by atoms with E-state index in [1.807, 2.05) is 19.9 Å². The van der Waals surface area contributed by atoms with E-state index in [9.17, 15) is 4.79 Å². The van der Waals surface area contributed by atoms with Crippen molar-refractivity contribution in [2.75, 3.05) is 5.32 Å². The zero-order chi connectivity index (χ0) is 18.7. The number of amides is 1. The Hall–Kier alpha value is -2.70. The molecule has 1 unspecified atom stereocenters. The van der Waals surface area contributed by atoms with Gasteiger partial charge in [-0.1, -0.05) is 17.8 Å². The predicted octanol–water partition coefficient (Wildman–Crippen LogP) is 3.80. The molecule has 2 aromatic heterocycles. The first-order chi connectivity index (χ1) is 12.5. The number of anilines is 1. The molecule has 0 aliphatic carbocycles. The first-order valence-electron chi connectivity index (χ1n) is 7.72. The maximum absolute atomic E-state index is 12.3. The van der Waals surface area contributed by atoms with Gasteiger partial charge in [0, 0.05) is 5.69 Å². The fourth-order valence-corrected chi connectivity index (χ4v) is 3.72. The third kappa shape index (κ3) is 4.09. The molecule has 0 radical (unpaired) electrons. The molecule has 0 aliphatic heterocycles. The van der Waals surface area contributed by atoms with Crippen molar-refractivity contribution in [3.05, 3.63) is 40.5 Å². The normalized spacial score (nSPS) is 11.8. The van der Waals surface area contributed by atoms with Gasteiger partial charge in [0.15, 0.2) is 0 Å². The molecular weight excluding hydrogens is 370 g/mol. The van der Waals surface area contributed by atoms with Gasteiger partial charge in [-0.05, 0) is 39.0 Å². The predicted molar refractivity (Wildman–Crippen MR) is 100.0 cm³/mol. The first kappa shape index (κ1) is 18.1. The lowest BCUT2D eigenvalue weighted by atomic mass is 10.2. The van der Waals surface area contributed by atoms with E-state index in [-0.39, 0.29) is 5.91 Å². The smallest absolute Gasteiger partial charge is 0.277 e. The number of rotatable bonds is 5. The molecule has 1 amide bonds. The molecule has 7 nitrogen and oxygen atoms in total. The number of thiazole rings is 1. The van der Waals surface area contributed by atoms with E-state index < -0.39 is 5.25 Å². The van der Waals surface area contributed by atoms with Crippen molar-refractivity contribution < 1.29 is 9.21 Å². The molecule has 9 heteroatoms. The molecule has 1 aromatic carbocycles. The zero-order valence-electron chi connectivity index (χ0n) is 14.3. The molecular formula is C17H15N5O2S2. The highest BCUT2D eigenvalue weighted by Crippen LogP contribution is 2.31. The van der Waals surface area contributed by atoms with Gasteiger partial charge in [0.05, 0.1) is 27.6 Å². The van der Waals surface area contributed by atoms with Crippen LogP contribution in [0, 0.1) is 25.2 Å². The SMILES string of the molecule is Cc1nc(C)c(-c2nnc(SC(C)C(=O)Nc3cccc(C#N)c3)o2)s1. The molecule has 0 saturated carbocycles. The number of nitriles is 1. The average molecular weight is 385 g/mol. The summed E-state index contributed by atoms with van der Waals surface area (Å²) in [6.07, 6.45) is 0. The number of nitrogens with zero attached hydrogens (tertiary/aromatic N) is 4. The van der Waals surface area contributed by atoms with Crippen LogP contribution in [0.2, 0.25) is 0 Å². The highest BCUT2D eigenvalue weighted by molar-refractivity contribution is 8.00. The number of hydrogen-bond donors (Lipinski definition) is 1. The van der Waals surface area contributed by atoms with E-state index in [1.54, 1.807) is 31.2 Å². The third-order valence-corrected chi connectivity index (χ3v) is 5.41. The van der Waals surface area contributed by atoms with E-state index in [4.69, 9.17) is 9.68 Å². The molecule has 132 valence electrons. The van der Waals surface area contributed by atoms with Gasteiger partial charge in [0.1, 0.15) is 4.88 Å². The van der Waals surface area contributed by atoms with Crippen LogP contribution in [0.25, 0.3) is 10.8 Å². The summed E-state index contributed by atoms with van der Waals surface area (Å²) in [6, 6.07) is 8.79. The monoisotopic (exact) mass is 385 g/mol. The van der Waals surface area contributed by atoms with Crippen molar-refractivity contribution >= 4 is 34.7 Å². The van der Waals surface area contributed by atoms with Gasteiger partial charge in [-0.2, -0.15) is 5.26 Å². The van der Waals surface area contributed by atoms with Crippen LogP contribution >= 0.6 is 23.1 Å². The summed E-state index contributed by atoms with van der Waals surface area (Å²) >= 11 is 2.66. The molecule has 0 fully saturated rings. The first-order valence-corrected chi connectivity index (χ1v) is 9.41. The van der Waals surface area contributed by atoms with Crippen LogP contribution in [0.1, 0.15) is 23.2 Å². The van der Waals surface area contributed by atoms with Gasteiger partial charge < -0.3 is 9.73 Å². The molecule has 26 heavy (non-hydrogen) atoms. The van der Waals surface area contributed by atoms with E-state index in [0.29, 0.717) is 22.4 Å². The van der Waals surface area contributed by atoms with Crippen molar-refractivity contribution in [1.82, 2.24) is 15.2 Å². The molecule has 0 aliphatic rings. The quantitative estimate of drug-likeness (QED) is 0.666. The number of benzene rings is 1. The number of carbonyl (C=O) groups is 1. The van der Waals surface area contributed by atoms with Gasteiger partial charge in [0.25, 0.3) is 11.1 Å². The van der Waals surface area contributed by atoms with E-state index in [2.05, 4.69) is 20.5 Å². The summed E-state index contributed by atoms with van der Waals surface area (Å²) in [5.74, 6) is 0.194. The minimum Gasteiger partial charge on any atom is -0.410 e. The summed E-state index contributed by atoms with van der Waals surface area (Å²) in [7, 11) is 0. The van der Waals surface area contributed by atoms with Crippen molar-refractivity contribution in [2.45, 2.75) is 31.2 Å². The Kier molecular flexibility index (Phi) is 5.35. The molecule has 3 aromatic rings. The highest BCUT2D eigenvalue weighted by Gasteiger charge is 2.20. The Morgan fingerprint density at radius 1 is 1.38 bits per heavy atom. The van der Waals surface area contributed by atoms with Crippen molar-refractivity contribution in [3.8, 4) is 16.8 Å². The van der Waals surface area contributed by atoms with Crippen LogP contribution in [-0.4, -0.2) is 26.3 Å². The number of hydrogen-bond acceptors (Lipinski definition) is 8. The van der Waals surface area contributed by atoms with Gasteiger partial charge in [-0.3, -0.25) is 4.79 Å². The van der Waals surface area contributed by atoms with Crippen LogP contribution in [0.4, 0.5) is 5.69 Å². The van der Waals surface area contributed by atoms with Crippen LogP contribution in [0.15, 0.2) is 33.9 Å². The van der Waals surface area contributed by atoms with Crippen LogP contribution in [0.3, 0.4) is 0 Å². The number of thioether (sulfide) groups is 1. The number of nitrogens with one attached hydrogen (secondary N) is 1. The Morgan fingerprint density at radius 3 is 2.88 bits per heavy atom. The van der Waals surface area contributed by atoms with Crippen molar-refractivity contribution in [2.24, 2.45) is 0 Å². The molecule has 0 spiro atoms. The molecule has 3 rings (SSSR count).